The molecule has 9 heteroatoms. The second-order valence-corrected chi connectivity index (χ2v) is 8.70. The van der Waals surface area contributed by atoms with Crippen LogP contribution in [0.15, 0.2) is 67.1 Å². The Morgan fingerprint density at radius 2 is 1.97 bits per heavy atom. The number of halogens is 1. The van der Waals surface area contributed by atoms with Crippen molar-refractivity contribution >= 4 is 22.6 Å². The van der Waals surface area contributed by atoms with E-state index in [0.717, 1.165) is 22.2 Å². The van der Waals surface area contributed by atoms with Crippen LogP contribution in [0.2, 0.25) is 0 Å². The van der Waals surface area contributed by atoms with Crippen LogP contribution in [0.5, 0.6) is 0 Å². The number of aliphatic hydroxyl groups excluding tert-OH is 1. The van der Waals surface area contributed by atoms with Gasteiger partial charge in [-0.05, 0) is 42.3 Å². The summed E-state index contributed by atoms with van der Waals surface area (Å²) in [7, 11) is 0. The van der Waals surface area contributed by atoms with Gasteiger partial charge in [0.25, 0.3) is 11.7 Å². The predicted molar refractivity (Wildman–Crippen MR) is 127 cm³/mol. The first-order valence-corrected chi connectivity index (χ1v) is 11.4. The number of hydrogen-bond donors (Lipinski definition) is 1. The van der Waals surface area contributed by atoms with Crippen LogP contribution in [0.1, 0.15) is 28.0 Å². The summed E-state index contributed by atoms with van der Waals surface area (Å²) >= 11 is 0. The van der Waals surface area contributed by atoms with Gasteiger partial charge in [0.05, 0.1) is 35.3 Å². The molecule has 1 atom stereocenters. The average molecular weight is 468 g/mol. The molecule has 1 fully saturated rings. The Bertz CT molecular complexity index is 1580. The van der Waals surface area contributed by atoms with E-state index >= 15 is 0 Å². The summed E-state index contributed by atoms with van der Waals surface area (Å²) in [6.07, 6.45) is 5.59. The first-order chi connectivity index (χ1) is 17.0. The van der Waals surface area contributed by atoms with Gasteiger partial charge in [0.15, 0.2) is 0 Å². The topological polar surface area (TPSA) is 96.5 Å². The number of carbonyl (C=O) groups is 1. The minimum absolute atomic E-state index is 0.0222. The fourth-order valence-corrected chi connectivity index (χ4v) is 4.46. The van der Waals surface area contributed by atoms with E-state index in [-0.39, 0.29) is 12.1 Å². The Morgan fingerprint density at radius 3 is 2.80 bits per heavy atom. The summed E-state index contributed by atoms with van der Waals surface area (Å²) in [4.78, 5) is 27.2. The van der Waals surface area contributed by atoms with E-state index in [2.05, 4.69) is 26.1 Å². The van der Waals surface area contributed by atoms with Crippen molar-refractivity contribution in [2.45, 2.75) is 18.9 Å². The number of likely N-dealkylation sites (tertiary alicyclic amines) is 1. The van der Waals surface area contributed by atoms with Gasteiger partial charge >= 0.3 is 0 Å². The minimum atomic E-state index is -0.633. The molecule has 8 nitrogen and oxygen atoms in total. The monoisotopic (exact) mass is 468 g/mol. The number of fused-ring (bicyclic) bond motifs is 2. The van der Waals surface area contributed by atoms with E-state index < -0.39 is 17.8 Å². The summed E-state index contributed by atoms with van der Waals surface area (Å²) in [6.45, 7) is 0.639. The Balaban J connectivity index is 1.30. The number of benzene rings is 2. The molecule has 1 amide bonds. The zero-order valence-corrected chi connectivity index (χ0v) is 18.7. The molecule has 1 unspecified atom stereocenters. The van der Waals surface area contributed by atoms with Gasteiger partial charge in [0.1, 0.15) is 11.5 Å². The number of amides is 1. The van der Waals surface area contributed by atoms with Crippen LogP contribution >= 0.6 is 0 Å². The first-order valence-electron chi connectivity index (χ1n) is 11.4. The van der Waals surface area contributed by atoms with Gasteiger partial charge in [-0.25, -0.2) is 18.9 Å². The van der Waals surface area contributed by atoms with Crippen molar-refractivity contribution in [2.24, 2.45) is 0 Å². The maximum Gasteiger partial charge on any atom is 0.256 e. The maximum atomic E-state index is 14.9. The molecular weight excluding hydrogens is 447 g/mol. The molecule has 0 radical (unpaired) electrons. The molecule has 1 aliphatic rings. The Hall–Kier alpha value is -4.24. The summed E-state index contributed by atoms with van der Waals surface area (Å²) in [5.41, 5.74) is 3.81. The lowest BCUT2D eigenvalue weighted by molar-refractivity contribution is 0.0760. The highest BCUT2D eigenvalue weighted by molar-refractivity contribution is 5.95. The summed E-state index contributed by atoms with van der Waals surface area (Å²) in [6, 6.07) is 14.4. The van der Waals surface area contributed by atoms with Crippen LogP contribution < -0.4 is 0 Å². The molecule has 35 heavy (non-hydrogen) atoms. The molecule has 3 aromatic heterocycles. The average Bonchev–Trinajstić information content (AvgIpc) is 3.49. The fourth-order valence-electron chi connectivity index (χ4n) is 4.46. The van der Waals surface area contributed by atoms with Crippen molar-refractivity contribution in [3.8, 4) is 11.3 Å². The van der Waals surface area contributed by atoms with E-state index in [1.807, 2.05) is 24.3 Å². The molecule has 0 bridgehead atoms. The number of β-amino-alcohol motifs (C(OH)–C–C–N with tert-alkyl or cyclic N) is 1. The van der Waals surface area contributed by atoms with Gasteiger partial charge in [0.2, 0.25) is 0 Å². The van der Waals surface area contributed by atoms with Crippen molar-refractivity contribution in [2.75, 3.05) is 13.1 Å². The molecule has 0 aliphatic carbocycles. The van der Waals surface area contributed by atoms with E-state index in [0.29, 0.717) is 36.4 Å². The largest absolute Gasteiger partial charge is 0.391 e. The van der Waals surface area contributed by atoms with E-state index in [4.69, 9.17) is 0 Å². The van der Waals surface area contributed by atoms with Crippen LogP contribution in [0.3, 0.4) is 0 Å². The zero-order chi connectivity index (χ0) is 23.9. The third-order valence-corrected chi connectivity index (χ3v) is 6.30. The first kappa shape index (κ1) is 21.3. The molecule has 0 saturated carbocycles. The molecule has 2 aromatic carbocycles. The fraction of sp³-hybridized carbons (Fsp3) is 0.192. The molecule has 1 N–H and O–H groups in total. The lowest BCUT2D eigenvalue weighted by Crippen LogP contribution is -2.30. The molecule has 5 aromatic rings. The second-order valence-electron chi connectivity index (χ2n) is 8.70. The van der Waals surface area contributed by atoms with Crippen molar-refractivity contribution in [3.63, 3.8) is 0 Å². The Labute approximate surface area is 199 Å². The van der Waals surface area contributed by atoms with E-state index in [1.165, 1.54) is 17.0 Å². The number of nitrogens with zero attached hydrogens (tertiary/aromatic N) is 6. The number of carbonyl (C=O) groups excluding carboxylic acids is 1. The van der Waals surface area contributed by atoms with Gasteiger partial charge in [-0.1, -0.05) is 18.2 Å². The van der Waals surface area contributed by atoms with Crippen LogP contribution in [-0.4, -0.2) is 59.7 Å². The lowest BCUT2D eigenvalue weighted by Gasteiger charge is -2.16. The second kappa shape index (κ2) is 8.52. The van der Waals surface area contributed by atoms with Gasteiger partial charge in [-0.3, -0.25) is 9.78 Å². The number of aliphatic hydroxyl groups is 1. The minimum Gasteiger partial charge on any atom is -0.391 e. The molecule has 1 aliphatic heterocycles. The number of hydrogen-bond acceptors (Lipinski definition) is 6. The third kappa shape index (κ3) is 4.00. The maximum absolute atomic E-state index is 14.9. The third-order valence-electron chi connectivity index (χ3n) is 6.30. The lowest BCUT2D eigenvalue weighted by atomic mass is 10.1. The quantitative estimate of drug-likeness (QED) is 0.435. The van der Waals surface area contributed by atoms with Crippen LogP contribution in [-0.2, 0) is 6.42 Å². The number of rotatable bonds is 4. The summed E-state index contributed by atoms with van der Waals surface area (Å²) < 4.78 is 16.6. The van der Waals surface area contributed by atoms with Crippen molar-refractivity contribution < 1.29 is 14.3 Å². The number of imidazole rings is 1. The number of pyridine rings is 1. The van der Waals surface area contributed by atoms with Gasteiger partial charge < -0.3 is 10.0 Å². The standard InChI is InChI=1S/C26H21FN6O2/c27-22-12-18(4-5-21(22)25(35)32-9-7-20(34)15-32)24-14-30-26-29-13-19(33(26)31-24)11-16-3-6-23-17(10-16)2-1-8-28-23/h1-6,8,10,12-14,20,34H,7,9,11,15H2. The molecule has 4 heterocycles. The van der Waals surface area contributed by atoms with Gasteiger partial charge in [0, 0.05) is 36.7 Å². The van der Waals surface area contributed by atoms with Crippen LogP contribution in [0.25, 0.3) is 27.9 Å². The predicted octanol–water partition coefficient (Wildman–Crippen LogP) is 3.28. The molecular formula is C26H21FN6O2. The van der Waals surface area contributed by atoms with Crippen molar-refractivity contribution in [3.05, 3.63) is 89.8 Å². The SMILES string of the molecule is O=C(c1ccc(-c2cnc3ncc(Cc4ccc5ncccc5c4)n3n2)cc1F)N1CCC(O)C1. The summed E-state index contributed by atoms with van der Waals surface area (Å²) in [5.74, 6) is -0.605. The molecule has 6 rings (SSSR count). The highest BCUT2D eigenvalue weighted by atomic mass is 19.1. The van der Waals surface area contributed by atoms with E-state index in [1.54, 1.807) is 29.2 Å². The molecule has 0 spiro atoms. The highest BCUT2D eigenvalue weighted by Crippen LogP contribution is 2.23. The van der Waals surface area contributed by atoms with Crippen LogP contribution in [0, 0.1) is 5.82 Å². The van der Waals surface area contributed by atoms with E-state index in [9.17, 15) is 14.3 Å². The molecule has 174 valence electrons. The number of aromatic nitrogens is 5. The van der Waals surface area contributed by atoms with Crippen molar-refractivity contribution in [1.29, 1.82) is 0 Å². The normalized spacial score (nSPS) is 15.8. The zero-order valence-electron chi connectivity index (χ0n) is 18.7. The van der Waals surface area contributed by atoms with Gasteiger partial charge in [-0.2, -0.15) is 5.10 Å². The smallest absolute Gasteiger partial charge is 0.256 e. The Kier molecular flexibility index (Phi) is 5.18. The highest BCUT2D eigenvalue weighted by Gasteiger charge is 2.27. The summed E-state index contributed by atoms with van der Waals surface area (Å²) in [5, 5.41) is 15.4. The Morgan fingerprint density at radius 1 is 1.09 bits per heavy atom. The van der Waals surface area contributed by atoms with Gasteiger partial charge in [-0.15, -0.1) is 0 Å². The molecule has 1 saturated heterocycles. The van der Waals surface area contributed by atoms with Crippen molar-refractivity contribution in [1.82, 2.24) is 29.5 Å². The van der Waals surface area contributed by atoms with Crippen LogP contribution in [0.4, 0.5) is 4.39 Å².